The summed E-state index contributed by atoms with van der Waals surface area (Å²) in [4.78, 5) is 54.0. The number of allylic oxidation sites excluding steroid dienone is 2. The molecule has 0 radical (unpaired) electrons. The Hall–Kier alpha value is -2.96. The third kappa shape index (κ3) is 4.17. The Morgan fingerprint density at radius 1 is 1.00 bits per heavy atom. The summed E-state index contributed by atoms with van der Waals surface area (Å²) in [6.45, 7) is 5.28. The largest absolute Gasteiger partial charge is 0.292 e. The Balaban J connectivity index is 1.78. The number of rotatable bonds is 5. The summed E-state index contributed by atoms with van der Waals surface area (Å²) in [5.41, 5.74) is 1.46. The zero-order chi connectivity index (χ0) is 24.7. The average Bonchev–Trinajstić information content (AvgIpc) is 3.07. The number of hydrogen-bond acceptors (Lipinski definition) is 4. The molecule has 0 bridgehead atoms. The maximum atomic E-state index is 13.7. The van der Waals surface area contributed by atoms with Gasteiger partial charge in [-0.05, 0) is 44.4 Å². The van der Waals surface area contributed by atoms with Crippen LogP contribution in [0, 0.1) is 24.7 Å². The van der Waals surface area contributed by atoms with Crippen molar-refractivity contribution in [3.8, 4) is 0 Å². The number of halogens is 2. The number of carbonyl (C=O) groups is 4. The second kappa shape index (κ2) is 9.35. The van der Waals surface area contributed by atoms with Gasteiger partial charge in [0.1, 0.15) is 6.04 Å². The number of benzene rings is 2. The summed E-state index contributed by atoms with van der Waals surface area (Å²) in [6.07, 6.45) is 4.19. The molecule has 4 rings (SSSR count). The fourth-order valence-electron chi connectivity index (χ4n) is 4.61. The van der Waals surface area contributed by atoms with Crippen molar-refractivity contribution in [2.24, 2.45) is 17.8 Å². The molecule has 1 fully saturated rings. The number of aryl methyl sites for hydroxylation is 1. The Kier molecular flexibility index (Phi) is 6.65. The second-order valence-electron chi connectivity index (χ2n) is 8.83. The monoisotopic (exact) mass is 498 g/mol. The number of Topliss-reactive ketones (excluding diaryl/α,β-unsaturated/α-hetero) is 1. The van der Waals surface area contributed by atoms with Crippen molar-refractivity contribution < 1.29 is 19.2 Å². The van der Waals surface area contributed by atoms with Crippen LogP contribution < -0.4 is 0 Å². The van der Waals surface area contributed by atoms with Gasteiger partial charge in [-0.2, -0.15) is 5.01 Å². The third-order valence-corrected chi connectivity index (χ3v) is 7.26. The van der Waals surface area contributed by atoms with Gasteiger partial charge < -0.3 is 0 Å². The number of imide groups is 1. The van der Waals surface area contributed by atoms with E-state index in [0.717, 1.165) is 15.6 Å². The summed E-state index contributed by atoms with van der Waals surface area (Å²) < 4.78 is 0. The predicted octanol–water partition coefficient (Wildman–Crippen LogP) is 5.13. The predicted molar refractivity (Wildman–Crippen MR) is 129 cm³/mol. The van der Waals surface area contributed by atoms with Gasteiger partial charge in [0.05, 0.1) is 21.9 Å². The topological polar surface area (TPSA) is 74.8 Å². The van der Waals surface area contributed by atoms with E-state index in [1.807, 2.05) is 26.0 Å². The average molecular weight is 499 g/mol. The van der Waals surface area contributed by atoms with Gasteiger partial charge >= 0.3 is 0 Å². The Labute approximate surface area is 208 Å². The van der Waals surface area contributed by atoms with Crippen LogP contribution in [0.1, 0.15) is 46.5 Å². The fraction of sp³-hybridized carbons (Fsp3) is 0.308. The first-order valence-corrected chi connectivity index (χ1v) is 11.8. The molecule has 6 nitrogen and oxygen atoms in total. The van der Waals surface area contributed by atoms with Gasteiger partial charge in [-0.3, -0.25) is 19.2 Å². The molecule has 4 atom stereocenters. The lowest BCUT2D eigenvalue weighted by atomic mass is 9.78. The lowest BCUT2D eigenvalue weighted by Gasteiger charge is -2.35. The van der Waals surface area contributed by atoms with E-state index in [1.54, 1.807) is 24.3 Å². The Bertz CT molecular complexity index is 1210. The van der Waals surface area contributed by atoms with Crippen LogP contribution in [0.15, 0.2) is 54.6 Å². The molecule has 8 heteroatoms. The molecular weight excluding hydrogens is 475 g/mol. The zero-order valence-corrected chi connectivity index (χ0v) is 20.5. The van der Waals surface area contributed by atoms with Gasteiger partial charge in [0.2, 0.25) is 0 Å². The number of nitrogens with zero attached hydrogens (tertiary/aromatic N) is 2. The molecule has 0 saturated carbocycles. The fourth-order valence-corrected chi connectivity index (χ4v) is 4.91. The number of fused-ring (bicyclic) bond motifs is 1. The maximum absolute atomic E-state index is 13.7. The summed E-state index contributed by atoms with van der Waals surface area (Å²) in [5.74, 6) is -3.36. The molecule has 1 saturated heterocycles. The molecule has 2 aromatic carbocycles. The number of hydrogen-bond donors (Lipinski definition) is 0. The molecule has 2 aromatic rings. The van der Waals surface area contributed by atoms with Crippen LogP contribution in [-0.4, -0.2) is 39.6 Å². The van der Waals surface area contributed by atoms with Gasteiger partial charge in [-0.1, -0.05) is 72.1 Å². The van der Waals surface area contributed by atoms with Crippen molar-refractivity contribution >= 4 is 46.7 Å². The highest BCUT2D eigenvalue weighted by atomic mass is 35.5. The van der Waals surface area contributed by atoms with E-state index < -0.39 is 41.4 Å². The van der Waals surface area contributed by atoms with E-state index >= 15 is 0 Å². The van der Waals surface area contributed by atoms with Crippen LogP contribution in [0.4, 0.5) is 0 Å². The van der Waals surface area contributed by atoms with E-state index in [0.29, 0.717) is 12.0 Å². The van der Waals surface area contributed by atoms with Crippen molar-refractivity contribution in [1.29, 1.82) is 0 Å². The zero-order valence-electron chi connectivity index (χ0n) is 19.0. The quantitative estimate of drug-likeness (QED) is 0.325. The molecule has 3 amide bonds. The van der Waals surface area contributed by atoms with Crippen molar-refractivity contribution in [2.45, 2.75) is 33.2 Å². The summed E-state index contributed by atoms with van der Waals surface area (Å²) in [6, 6.07) is 10.1. The van der Waals surface area contributed by atoms with Crippen LogP contribution in [0.25, 0.3) is 0 Å². The molecule has 0 unspecified atom stereocenters. The van der Waals surface area contributed by atoms with E-state index in [2.05, 4.69) is 0 Å². The number of carbonyl (C=O) groups excluding carboxylic acids is 4. The highest BCUT2D eigenvalue weighted by molar-refractivity contribution is 6.42. The first-order valence-electron chi connectivity index (χ1n) is 11.1. The van der Waals surface area contributed by atoms with Gasteiger partial charge in [0.25, 0.3) is 17.7 Å². The number of hydrazine groups is 1. The Morgan fingerprint density at radius 3 is 2.26 bits per heavy atom. The first kappa shape index (κ1) is 24.2. The SMILES string of the molecule is Cc1ccc(C(=O)[C@H](C)N(C(=O)c2ccc(Cl)c(Cl)c2)N2C(=O)[C@@H]3[C@H](C)C=CC[C@H]3C2=O)cc1. The summed E-state index contributed by atoms with van der Waals surface area (Å²) >= 11 is 12.1. The molecule has 0 spiro atoms. The first-order chi connectivity index (χ1) is 16.1. The van der Waals surface area contributed by atoms with Crippen molar-refractivity contribution in [3.63, 3.8) is 0 Å². The van der Waals surface area contributed by atoms with E-state index in [1.165, 1.54) is 25.1 Å². The van der Waals surface area contributed by atoms with Crippen LogP contribution in [0.3, 0.4) is 0 Å². The van der Waals surface area contributed by atoms with Gasteiger partial charge in [0, 0.05) is 11.1 Å². The number of amides is 3. The van der Waals surface area contributed by atoms with Crippen LogP contribution in [-0.2, 0) is 9.59 Å². The molecule has 176 valence electrons. The van der Waals surface area contributed by atoms with Crippen molar-refractivity contribution in [2.75, 3.05) is 0 Å². The summed E-state index contributed by atoms with van der Waals surface area (Å²) in [7, 11) is 0. The Morgan fingerprint density at radius 2 is 1.65 bits per heavy atom. The molecule has 0 aromatic heterocycles. The summed E-state index contributed by atoms with van der Waals surface area (Å²) in [5, 5.41) is 2.26. The van der Waals surface area contributed by atoms with Crippen LogP contribution in [0.2, 0.25) is 10.0 Å². The minimum Gasteiger partial charge on any atom is -0.292 e. The molecule has 1 aliphatic heterocycles. The van der Waals surface area contributed by atoms with E-state index in [4.69, 9.17) is 23.2 Å². The van der Waals surface area contributed by atoms with E-state index in [-0.39, 0.29) is 21.5 Å². The highest BCUT2D eigenvalue weighted by Crippen LogP contribution is 2.40. The lowest BCUT2D eigenvalue weighted by molar-refractivity contribution is -0.156. The van der Waals surface area contributed by atoms with Gasteiger partial charge in [-0.15, -0.1) is 0 Å². The number of ketones is 1. The molecule has 1 heterocycles. The normalized spacial score (nSPS) is 22.5. The smallest absolute Gasteiger partial charge is 0.273 e. The van der Waals surface area contributed by atoms with E-state index in [9.17, 15) is 19.2 Å². The highest BCUT2D eigenvalue weighted by Gasteiger charge is 2.54. The maximum Gasteiger partial charge on any atom is 0.273 e. The minimum absolute atomic E-state index is 0.111. The molecule has 0 N–H and O–H groups in total. The van der Waals surface area contributed by atoms with Crippen molar-refractivity contribution in [3.05, 3.63) is 81.4 Å². The van der Waals surface area contributed by atoms with Crippen molar-refractivity contribution in [1.82, 2.24) is 10.0 Å². The minimum atomic E-state index is -1.12. The molecule has 1 aliphatic carbocycles. The molecule has 34 heavy (non-hydrogen) atoms. The lowest BCUT2D eigenvalue weighted by Crippen LogP contribution is -2.56. The second-order valence-corrected chi connectivity index (χ2v) is 9.64. The van der Waals surface area contributed by atoms with Gasteiger partial charge in [-0.25, -0.2) is 5.01 Å². The molecular formula is C26H24Cl2N2O4. The third-order valence-electron chi connectivity index (χ3n) is 6.52. The standard InChI is InChI=1S/C26H24Cl2N2O4/c1-14-7-9-17(10-8-14)23(31)16(3)29(24(32)18-11-12-20(27)21(28)13-18)30-25(33)19-6-4-5-15(2)22(19)26(30)34/h4-5,7-13,15-16,19,22H,6H2,1-3H3/t15-,16+,19-,22-/m1/s1. The van der Waals surface area contributed by atoms with Gasteiger partial charge in [0.15, 0.2) is 5.78 Å². The molecule has 2 aliphatic rings. The van der Waals surface area contributed by atoms with Crippen LogP contribution >= 0.6 is 23.2 Å². The van der Waals surface area contributed by atoms with Crippen LogP contribution in [0.5, 0.6) is 0 Å².